The molecule has 0 bridgehead atoms. The van der Waals surface area contributed by atoms with Crippen molar-refractivity contribution in [2.24, 2.45) is 0 Å². The van der Waals surface area contributed by atoms with E-state index in [9.17, 15) is 18.0 Å². The van der Waals surface area contributed by atoms with E-state index < -0.39 is 21.8 Å². The minimum atomic E-state index is -3.76. The van der Waals surface area contributed by atoms with Gasteiger partial charge in [0.2, 0.25) is 15.9 Å². The second kappa shape index (κ2) is 8.56. The topological polar surface area (TPSA) is 117 Å². The zero-order chi connectivity index (χ0) is 18.3. The van der Waals surface area contributed by atoms with Crippen LogP contribution in [-0.4, -0.2) is 31.8 Å². The smallest absolute Gasteiger partial charge is 0.271 e. The summed E-state index contributed by atoms with van der Waals surface area (Å²) in [5.41, 5.74) is 4.69. The summed E-state index contributed by atoms with van der Waals surface area (Å²) in [5.74, 6) is -1.08. The van der Waals surface area contributed by atoms with Gasteiger partial charge in [-0.05, 0) is 30.3 Å². The Morgan fingerprint density at radius 2 is 1.92 bits per heavy atom. The van der Waals surface area contributed by atoms with Crippen LogP contribution in [0.1, 0.15) is 16.8 Å². The minimum Gasteiger partial charge on any atom is -0.273 e. The molecule has 132 valence electrons. The number of amides is 2. The number of pyridine rings is 1. The molecule has 25 heavy (non-hydrogen) atoms. The van der Waals surface area contributed by atoms with E-state index in [0.29, 0.717) is 5.02 Å². The Morgan fingerprint density at radius 3 is 2.60 bits per heavy atom. The number of hydrogen-bond donors (Lipinski definition) is 3. The van der Waals surface area contributed by atoms with Crippen molar-refractivity contribution in [1.29, 1.82) is 0 Å². The van der Waals surface area contributed by atoms with Gasteiger partial charge < -0.3 is 0 Å². The fraction of sp³-hybridized carbons (Fsp3) is 0.133. The van der Waals surface area contributed by atoms with E-state index in [4.69, 9.17) is 11.6 Å². The number of aromatic nitrogens is 1. The summed E-state index contributed by atoms with van der Waals surface area (Å²) in [6.07, 6.45) is 2.70. The van der Waals surface area contributed by atoms with Gasteiger partial charge in [0.05, 0.1) is 10.5 Å². The molecule has 2 aromatic rings. The second-order valence-electron chi connectivity index (χ2n) is 4.85. The minimum absolute atomic E-state index is 0.00490. The SMILES string of the molecule is O=C(CCNS(=O)(=O)c1cccc(Cl)c1)NNC(=O)c1cccnc1. The molecule has 0 saturated carbocycles. The number of hydrogen-bond acceptors (Lipinski definition) is 5. The summed E-state index contributed by atoms with van der Waals surface area (Å²) in [5, 5.41) is 0.290. The number of carbonyl (C=O) groups excluding carboxylic acids is 2. The highest BCUT2D eigenvalue weighted by molar-refractivity contribution is 7.89. The third-order valence-corrected chi connectivity index (χ3v) is 4.68. The predicted octanol–water partition coefficient (Wildman–Crippen LogP) is 0.865. The van der Waals surface area contributed by atoms with Crippen molar-refractivity contribution < 1.29 is 18.0 Å². The Hall–Kier alpha value is -2.49. The Morgan fingerprint density at radius 1 is 1.12 bits per heavy atom. The van der Waals surface area contributed by atoms with Crippen molar-refractivity contribution in [3.8, 4) is 0 Å². The number of nitrogens with zero attached hydrogens (tertiary/aromatic N) is 1. The van der Waals surface area contributed by atoms with E-state index in [-0.39, 0.29) is 23.4 Å². The molecule has 1 heterocycles. The van der Waals surface area contributed by atoms with Gasteiger partial charge in [-0.25, -0.2) is 13.1 Å². The zero-order valence-electron chi connectivity index (χ0n) is 12.9. The van der Waals surface area contributed by atoms with Crippen LogP contribution in [0.15, 0.2) is 53.7 Å². The monoisotopic (exact) mass is 382 g/mol. The molecule has 0 aliphatic heterocycles. The van der Waals surface area contributed by atoms with Crippen LogP contribution < -0.4 is 15.6 Å². The average molecular weight is 383 g/mol. The number of benzene rings is 1. The summed E-state index contributed by atoms with van der Waals surface area (Å²) in [7, 11) is -3.76. The van der Waals surface area contributed by atoms with E-state index in [1.54, 1.807) is 12.1 Å². The van der Waals surface area contributed by atoms with Gasteiger partial charge in [-0.15, -0.1) is 0 Å². The molecule has 2 amide bonds. The highest BCUT2D eigenvalue weighted by Crippen LogP contribution is 2.14. The summed E-state index contributed by atoms with van der Waals surface area (Å²) < 4.78 is 26.4. The van der Waals surface area contributed by atoms with Crippen LogP contribution in [0.5, 0.6) is 0 Å². The van der Waals surface area contributed by atoms with E-state index in [2.05, 4.69) is 20.6 Å². The molecular weight excluding hydrogens is 368 g/mol. The number of sulfonamides is 1. The molecule has 0 radical (unpaired) electrons. The quantitative estimate of drug-likeness (QED) is 0.641. The fourth-order valence-electron chi connectivity index (χ4n) is 1.77. The number of rotatable bonds is 6. The van der Waals surface area contributed by atoms with Crippen molar-refractivity contribution in [2.45, 2.75) is 11.3 Å². The molecule has 1 aromatic heterocycles. The standard InChI is InChI=1S/C15H15ClN4O4S/c16-12-4-1-5-13(9-12)25(23,24)18-8-6-14(21)19-20-15(22)11-3-2-7-17-10-11/h1-5,7,9-10,18H,6,8H2,(H,19,21)(H,20,22). The van der Waals surface area contributed by atoms with Gasteiger partial charge in [-0.3, -0.25) is 25.4 Å². The molecule has 0 saturated heterocycles. The lowest BCUT2D eigenvalue weighted by Gasteiger charge is -2.09. The molecular formula is C15H15ClN4O4S. The average Bonchev–Trinajstić information content (AvgIpc) is 2.60. The molecule has 10 heteroatoms. The third kappa shape index (κ3) is 5.82. The molecule has 1 aromatic carbocycles. The van der Waals surface area contributed by atoms with Crippen molar-refractivity contribution in [3.63, 3.8) is 0 Å². The first-order valence-corrected chi connectivity index (χ1v) is 8.99. The molecule has 3 N–H and O–H groups in total. The summed E-state index contributed by atoms with van der Waals surface area (Å²) >= 11 is 5.76. The second-order valence-corrected chi connectivity index (χ2v) is 7.05. The van der Waals surface area contributed by atoms with Crippen LogP contribution in [0.3, 0.4) is 0 Å². The molecule has 0 fully saturated rings. The van der Waals surface area contributed by atoms with Crippen LogP contribution in [0.4, 0.5) is 0 Å². The lowest BCUT2D eigenvalue weighted by atomic mass is 10.3. The van der Waals surface area contributed by atoms with Gasteiger partial charge in [0.1, 0.15) is 0 Å². The molecule has 0 aliphatic rings. The van der Waals surface area contributed by atoms with Gasteiger partial charge in [-0.1, -0.05) is 17.7 Å². The summed E-state index contributed by atoms with van der Waals surface area (Å²) in [4.78, 5) is 27.2. The van der Waals surface area contributed by atoms with E-state index in [1.807, 2.05) is 0 Å². The summed E-state index contributed by atoms with van der Waals surface area (Å²) in [6.45, 7) is -0.135. The number of halogens is 1. The van der Waals surface area contributed by atoms with Gasteiger partial charge >= 0.3 is 0 Å². The van der Waals surface area contributed by atoms with Crippen molar-refractivity contribution in [3.05, 3.63) is 59.4 Å². The van der Waals surface area contributed by atoms with Gasteiger partial charge in [0, 0.05) is 30.4 Å². The van der Waals surface area contributed by atoms with Crippen LogP contribution >= 0.6 is 11.6 Å². The Labute approximate surface area is 149 Å². The Balaban J connectivity index is 1.78. The largest absolute Gasteiger partial charge is 0.273 e. The Kier molecular flexibility index (Phi) is 6.45. The van der Waals surface area contributed by atoms with Crippen molar-refractivity contribution >= 4 is 33.4 Å². The van der Waals surface area contributed by atoms with E-state index in [0.717, 1.165) is 0 Å². The molecule has 0 unspecified atom stereocenters. The molecule has 8 nitrogen and oxygen atoms in total. The maximum absolute atomic E-state index is 12.0. The highest BCUT2D eigenvalue weighted by atomic mass is 35.5. The fourth-order valence-corrected chi connectivity index (χ4v) is 3.11. The highest BCUT2D eigenvalue weighted by Gasteiger charge is 2.14. The summed E-state index contributed by atoms with van der Waals surface area (Å²) in [6, 6.07) is 8.88. The van der Waals surface area contributed by atoms with Crippen LogP contribution in [0, 0.1) is 0 Å². The first-order chi connectivity index (χ1) is 11.9. The Bertz CT molecular complexity index is 859. The first-order valence-electron chi connectivity index (χ1n) is 7.13. The molecule has 0 atom stereocenters. The normalized spacial score (nSPS) is 10.9. The lowest BCUT2D eigenvalue weighted by Crippen LogP contribution is -2.42. The van der Waals surface area contributed by atoms with Crippen molar-refractivity contribution in [1.82, 2.24) is 20.6 Å². The molecule has 2 rings (SSSR count). The van der Waals surface area contributed by atoms with Gasteiger partial charge in [0.15, 0.2) is 0 Å². The van der Waals surface area contributed by atoms with Crippen LogP contribution in [-0.2, 0) is 14.8 Å². The van der Waals surface area contributed by atoms with Crippen LogP contribution in [0.2, 0.25) is 5.02 Å². The van der Waals surface area contributed by atoms with E-state index in [1.165, 1.54) is 36.7 Å². The maximum Gasteiger partial charge on any atom is 0.271 e. The van der Waals surface area contributed by atoms with Crippen molar-refractivity contribution in [2.75, 3.05) is 6.54 Å². The first kappa shape index (κ1) is 18.8. The number of carbonyl (C=O) groups is 2. The third-order valence-electron chi connectivity index (χ3n) is 2.99. The molecule has 0 aliphatic carbocycles. The maximum atomic E-state index is 12.0. The predicted molar refractivity (Wildman–Crippen MR) is 91.1 cm³/mol. The number of nitrogens with one attached hydrogen (secondary N) is 3. The van der Waals surface area contributed by atoms with E-state index >= 15 is 0 Å². The zero-order valence-corrected chi connectivity index (χ0v) is 14.5. The lowest BCUT2D eigenvalue weighted by molar-refractivity contribution is -0.121. The van der Waals surface area contributed by atoms with Crippen LogP contribution in [0.25, 0.3) is 0 Å². The van der Waals surface area contributed by atoms with Gasteiger partial charge in [-0.2, -0.15) is 0 Å². The number of hydrazine groups is 1. The van der Waals surface area contributed by atoms with Gasteiger partial charge in [0.25, 0.3) is 5.91 Å². The molecule has 0 spiro atoms.